The minimum atomic E-state index is 0.669. The number of aromatic nitrogens is 1. The number of H-pyrrole nitrogens is 1. The molecule has 2 aromatic rings. The molecule has 1 heterocycles. The second kappa shape index (κ2) is 9.20. The Morgan fingerprint density at radius 2 is 2.05 bits per heavy atom. The Morgan fingerprint density at radius 3 is 2.68 bits per heavy atom. The van der Waals surface area contributed by atoms with E-state index in [1.807, 2.05) is 75.5 Å². The van der Waals surface area contributed by atoms with Gasteiger partial charge in [-0.15, -0.1) is 0 Å². The van der Waals surface area contributed by atoms with Gasteiger partial charge in [-0.05, 0) is 36.3 Å². The highest BCUT2D eigenvalue weighted by molar-refractivity contribution is 5.90. The Bertz CT molecular complexity index is 750. The van der Waals surface area contributed by atoms with Crippen molar-refractivity contribution in [1.29, 1.82) is 5.26 Å². The first-order valence-electron chi connectivity index (χ1n) is 7.43. The third kappa shape index (κ3) is 4.36. The summed E-state index contributed by atoms with van der Waals surface area (Å²) in [5, 5.41) is 10.0. The van der Waals surface area contributed by atoms with Gasteiger partial charge in [0, 0.05) is 17.1 Å². The Morgan fingerprint density at radius 1 is 1.27 bits per heavy atom. The number of nitrogens with zero attached hydrogens (tertiary/aromatic N) is 1. The van der Waals surface area contributed by atoms with E-state index in [1.54, 1.807) is 6.08 Å². The monoisotopic (exact) mass is 290 g/mol. The highest BCUT2D eigenvalue weighted by Gasteiger charge is 2.01. The molecule has 112 valence electrons. The van der Waals surface area contributed by atoms with E-state index in [2.05, 4.69) is 17.6 Å². The summed E-state index contributed by atoms with van der Waals surface area (Å²) in [4.78, 5) is 3.21. The van der Waals surface area contributed by atoms with Crippen molar-refractivity contribution in [2.75, 3.05) is 0 Å². The second-order valence-corrected chi connectivity index (χ2v) is 4.35. The van der Waals surface area contributed by atoms with Crippen molar-refractivity contribution in [1.82, 2.24) is 4.98 Å². The van der Waals surface area contributed by atoms with Crippen LogP contribution in [0, 0.1) is 11.3 Å². The number of nitrogens with one attached hydrogen (secondary N) is 1. The summed E-state index contributed by atoms with van der Waals surface area (Å²) in [7, 11) is 0. The zero-order valence-electron chi connectivity index (χ0n) is 13.4. The molecule has 1 aromatic heterocycles. The summed E-state index contributed by atoms with van der Waals surface area (Å²) in [6, 6.07) is 7.81. The third-order valence-corrected chi connectivity index (χ3v) is 2.97. The average molecular weight is 290 g/mol. The normalized spacial score (nSPS) is 11.5. The molecule has 0 aliphatic rings. The van der Waals surface area contributed by atoms with Gasteiger partial charge in [-0.3, -0.25) is 0 Å². The van der Waals surface area contributed by atoms with Gasteiger partial charge in [-0.2, -0.15) is 5.26 Å². The smallest absolute Gasteiger partial charge is 0.0991 e. The van der Waals surface area contributed by atoms with E-state index in [0.717, 1.165) is 22.0 Å². The van der Waals surface area contributed by atoms with Gasteiger partial charge in [0.05, 0.1) is 11.6 Å². The van der Waals surface area contributed by atoms with E-state index >= 15 is 0 Å². The van der Waals surface area contributed by atoms with Gasteiger partial charge in [-0.1, -0.05) is 56.9 Å². The van der Waals surface area contributed by atoms with E-state index in [0.29, 0.717) is 5.56 Å². The van der Waals surface area contributed by atoms with Crippen LogP contribution in [0.4, 0.5) is 0 Å². The topological polar surface area (TPSA) is 39.6 Å². The minimum Gasteiger partial charge on any atom is -0.361 e. The molecule has 1 aromatic carbocycles. The van der Waals surface area contributed by atoms with Crippen molar-refractivity contribution >= 4 is 17.0 Å². The maximum atomic E-state index is 8.98. The molecular weight excluding hydrogens is 268 g/mol. The Kier molecular flexibility index (Phi) is 7.22. The van der Waals surface area contributed by atoms with Crippen molar-refractivity contribution in [3.63, 3.8) is 0 Å². The van der Waals surface area contributed by atoms with Crippen LogP contribution < -0.4 is 0 Å². The molecule has 22 heavy (non-hydrogen) atoms. The van der Waals surface area contributed by atoms with Crippen molar-refractivity contribution in [2.24, 2.45) is 0 Å². The molecule has 0 bridgehead atoms. The number of fused-ring (bicyclic) bond motifs is 1. The lowest BCUT2D eigenvalue weighted by molar-refractivity contribution is 1.46. The molecule has 0 amide bonds. The fourth-order valence-corrected chi connectivity index (χ4v) is 2.03. The lowest BCUT2D eigenvalue weighted by Crippen LogP contribution is -1.75. The van der Waals surface area contributed by atoms with Crippen LogP contribution in [0.2, 0.25) is 0 Å². The van der Waals surface area contributed by atoms with Crippen LogP contribution in [0.3, 0.4) is 0 Å². The highest BCUT2D eigenvalue weighted by Crippen LogP contribution is 2.21. The molecule has 0 aliphatic heterocycles. The molecule has 1 N–H and O–H groups in total. The van der Waals surface area contributed by atoms with Crippen molar-refractivity contribution in [3.05, 3.63) is 78.1 Å². The van der Waals surface area contributed by atoms with E-state index in [-0.39, 0.29) is 0 Å². The Labute approximate surface area is 132 Å². The van der Waals surface area contributed by atoms with Gasteiger partial charge in [-0.25, -0.2) is 0 Å². The lowest BCUT2D eigenvalue weighted by Gasteiger charge is -1.94. The summed E-state index contributed by atoms with van der Waals surface area (Å²) < 4.78 is 0. The number of rotatable bonds is 4. The van der Waals surface area contributed by atoms with E-state index in [1.165, 1.54) is 0 Å². The largest absolute Gasteiger partial charge is 0.361 e. The highest BCUT2D eigenvalue weighted by atomic mass is 14.7. The van der Waals surface area contributed by atoms with Crippen LogP contribution in [-0.2, 0) is 0 Å². The zero-order valence-corrected chi connectivity index (χ0v) is 13.4. The summed E-state index contributed by atoms with van der Waals surface area (Å²) in [5.74, 6) is 0. The number of nitriles is 1. The van der Waals surface area contributed by atoms with Crippen LogP contribution in [0.25, 0.3) is 17.0 Å². The van der Waals surface area contributed by atoms with Gasteiger partial charge in [0.15, 0.2) is 0 Å². The predicted octanol–water partition coefficient (Wildman–Crippen LogP) is 5.77. The fraction of sp³-hybridized carbons (Fsp3) is 0.150. The molecule has 2 heteroatoms. The van der Waals surface area contributed by atoms with Crippen LogP contribution >= 0.6 is 0 Å². The van der Waals surface area contributed by atoms with Crippen molar-refractivity contribution < 1.29 is 0 Å². The first-order chi connectivity index (χ1) is 10.8. The number of benzene rings is 1. The third-order valence-electron chi connectivity index (χ3n) is 2.97. The number of aromatic amines is 1. The molecule has 2 rings (SSSR count). The van der Waals surface area contributed by atoms with Crippen LogP contribution in [0.1, 0.15) is 31.9 Å². The summed E-state index contributed by atoms with van der Waals surface area (Å²) in [5.41, 5.74) is 3.84. The molecule has 2 nitrogen and oxygen atoms in total. The molecule has 0 radical (unpaired) electrons. The first kappa shape index (κ1) is 17.3. The van der Waals surface area contributed by atoms with Gasteiger partial charge in [0.25, 0.3) is 0 Å². The Hall–Kier alpha value is -2.79. The number of hydrogen-bond acceptors (Lipinski definition) is 1. The maximum absolute atomic E-state index is 8.98. The van der Waals surface area contributed by atoms with E-state index in [9.17, 15) is 0 Å². The summed E-state index contributed by atoms with van der Waals surface area (Å²) in [6.45, 7) is 9.70. The molecule has 0 fully saturated rings. The van der Waals surface area contributed by atoms with Gasteiger partial charge < -0.3 is 4.98 Å². The molecule has 0 atom stereocenters. The standard InChI is InChI=1S/C18H16N2.C2H6/c1-3-5-14(6-4-2)7-9-16-13-20-18-10-8-15(12-19)11-17(16)18;1-2/h3-11,13,20H,1H2,2H3;1-2H3/b6-4-,9-7+,14-5+;. The van der Waals surface area contributed by atoms with E-state index < -0.39 is 0 Å². The van der Waals surface area contributed by atoms with Gasteiger partial charge in [0.2, 0.25) is 0 Å². The molecule has 0 saturated carbocycles. The van der Waals surface area contributed by atoms with Crippen molar-refractivity contribution in [2.45, 2.75) is 20.8 Å². The Balaban J connectivity index is 0.00000116. The SMILES string of the molecule is C=C/C=C(\C=C/C)/C=C/c1c[nH]c2ccc(C#N)cc12.CC. The molecule has 0 spiro atoms. The minimum absolute atomic E-state index is 0.669. The molecular formula is C20H22N2. The first-order valence-corrected chi connectivity index (χ1v) is 7.43. The molecule has 0 unspecified atom stereocenters. The predicted molar refractivity (Wildman–Crippen MR) is 96.5 cm³/mol. The van der Waals surface area contributed by atoms with Crippen LogP contribution in [-0.4, -0.2) is 4.98 Å². The number of allylic oxidation sites excluding steroid dienone is 6. The number of hydrogen-bond donors (Lipinski definition) is 1. The van der Waals surface area contributed by atoms with Gasteiger partial charge in [0.1, 0.15) is 0 Å². The quantitative estimate of drug-likeness (QED) is 0.713. The van der Waals surface area contributed by atoms with Crippen LogP contribution in [0.5, 0.6) is 0 Å². The van der Waals surface area contributed by atoms with Crippen molar-refractivity contribution in [3.8, 4) is 6.07 Å². The molecule has 0 saturated heterocycles. The zero-order chi connectivity index (χ0) is 16.4. The van der Waals surface area contributed by atoms with E-state index in [4.69, 9.17) is 5.26 Å². The second-order valence-electron chi connectivity index (χ2n) is 4.35. The summed E-state index contributed by atoms with van der Waals surface area (Å²) in [6.07, 6.45) is 13.7. The summed E-state index contributed by atoms with van der Waals surface area (Å²) >= 11 is 0. The van der Waals surface area contributed by atoms with Gasteiger partial charge >= 0.3 is 0 Å². The maximum Gasteiger partial charge on any atom is 0.0991 e. The lowest BCUT2D eigenvalue weighted by atomic mass is 10.1. The molecule has 0 aliphatic carbocycles. The fourth-order valence-electron chi connectivity index (χ4n) is 2.03. The van der Waals surface area contributed by atoms with Crippen LogP contribution in [0.15, 0.2) is 66.9 Å². The average Bonchev–Trinajstić information content (AvgIpc) is 2.97.